The minimum absolute atomic E-state index is 0.146. The summed E-state index contributed by atoms with van der Waals surface area (Å²) in [7, 11) is 0. The molecule has 0 aromatic heterocycles. The van der Waals surface area contributed by atoms with Crippen LogP contribution in [0.2, 0.25) is 0 Å². The van der Waals surface area contributed by atoms with Crippen LogP contribution in [0.15, 0.2) is 12.2 Å². The first kappa shape index (κ1) is 11.5. The monoisotopic (exact) mass is 223 g/mol. The first-order valence-electron chi connectivity index (χ1n) is 6.05. The maximum absolute atomic E-state index is 12.1. The van der Waals surface area contributed by atoms with Gasteiger partial charge in [-0.05, 0) is 46.5 Å². The molecule has 0 unspecified atom stereocenters. The molecule has 2 aliphatic heterocycles. The number of hydrogen-bond acceptors (Lipinski definition) is 2. The molecule has 2 saturated heterocycles. The number of carbonyl (C=O) groups excluding carboxylic acids is 1. The summed E-state index contributed by atoms with van der Waals surface area (Å²) in [6, 6.07) is 0.669. The third-order valence-electron chi connectivity index (χ3n) is 3.27. The molecule has 90 valence electrons. The highest BCUT2D eigenvalue weighted by Crippen LogP contribution is 2.38. The molecule has 3 heteroatoms. The van der Waals surface area contributed by atoms with Crippen LogP contribution >= 0.6 is 0 Å². The van der Waals surface area contributed by atoms with Crippen molar-refractivity contribution in [2.75, 3.05) is 0 Å². The Labute approximate surface area is 97.5 Å². The minimum Gasteiger partial charge on any atom is -0.444 e. The normalized spacial score (nSPS) is 29.4. The fourth-order valence-corrected chi connectivity index (χ4v) is 2.72. The number of fused-ring (bicyclic) bond motifs is 2. The van der Waals surface area contributed by atoms with E-state index in [1.807, 2.05) is 25.7 Å². The summed E-state index contributed by atoms with van der Waals surface area (Å²) in [4.78, 5) is 14.0. The van der Waals surface area contributed by atoms with Gasteiger partial charge in [0.2, 0.25) is 0 Å². The van der Waals surface area contributed by atoms with Crippen molar-refractivity contribution in [2.45, 2.75) is 64.1 Å². The Bertz CT molecular complexity index is 300. The lowest BCUT2D eigenvalue weighted by atomic mass is 9.99. The van der Waals surface area contributed by atoms with Crippen LogP contribution in [0.1, 0.15) is 46.5 Å². The van der Waals surface area contributed by atoms with Gasteiger partial charge in [0.05, 0.1) is 0 Å². The van der Waals surface area contributed by atoms with Gasteiger partial charge in [0.15, 0.2) is 0 Å². The van der Waals surface area contributed by atoms with Crippen LogP contribution in [0, 0.1) is 0 Å². The highest BCUT2D eigenvalue weighted by molar-refractivity contribution is 5.70. The van der Waals surface area contributed by atoms with Crippen molar-refractivity contribution in [2.24, 2.45) is 0 Å². The van der Waals surface area contributed by atoms with E-state index >= 15 is 0 Å². The van der Waals surface area contributed by atoms with Crippen LogP contribution in [0.3, 0.4) is 0 Å². The second-order valence-electron chi connectivity index (χ2n) is 5.93. The average Bonchev–Trinajstić information content (AvgIpc) is 2.36. The first-order chi connectivity index (χ1) is 7.37. The Morgan fingerprint density at radius 1 is 1.31 bits per heavy atom. The molecule has 2 aliphatic rings. The van der Waals surface area contributed by atoms with E-state index in [9.17, 15) is 4.79 Å². The van der Waals surface area contributed by atoms with Crippen molar-refractivity contribution in [3.05, 3.63) is 12.2 Å². The standard InChI is InChI=1S/C13H21NO2/c1-9-7-10-5-6-11(8-9)14(10)12(15)16-13(2,3)4/h10-11H,1,5-8H2,2-4H3/t10-,11-/m1/s1. The summed E-state index contributed by atoms with van der Waals surface area (Å²) in [6.45, 7) is 9.78. The summed E-state index contributed by atoms with van der Waals surface area (Å²) in [5.41, 5.74) is 0.887. The third kappa shape index (κ3) is 2.23. The predicted octanol–water partition coefficient (Wildman–Crippen LogP) is 3.10. The van der Waals surface area contributed by atoms with Gasteiger partial charge < -0.3 is 9.64 Å². The van der Waals surface area contributed by atoms with Crippen LogP contribution in [-0.4, -0.2) is 28.7 Å². The van der Waals surface area contributed by atoms with Crippen molar-refractivity contribution < 1.29 is 9.53 Å². The molecule has 0 aliphatic carbocycles. The Balaban J connectivity index is 2.06. The predicted molar refractivity (Wildman–Crippen MR) is 63.3 cm³/mol. The topological polar surface area (TPSA) is 29.5 Å². The number of hydrogen-bond donors (Lipinski definition) is 0. The Morgan fingerprint density at radius 3 is 2.25 bits per heavy atom. The maximum Gasteiger partial charge on any atom is 0.410 e. The van der Waals surface area contributed by atoms with Crippen molar-refractivity contribution in [1.29, 1.82) is 0 Å². The summed E-state index contributed by atoms with van der Waals surface area (Å²) in [6.07, 6.45) is 3.96. The van der Waals surface area contributed by atoms with Crippen molar-refractivity contribution in [1.82, 2.24) is 4.90 Å². The van der Waals surface area contributed by atoms with E-state index < -0.39 is 5.60 Å². The number of carbonyl (C=O) groups is 1. The molecule has 0 saturated carbocycles. The molecule has 2 atom stereocenters. The molecule has 2 bridgehead atoms. The van der Waals surface area contributed by atoms with Crippen LogP contribution in [0.5, 0.6) is 0 Å². The molecule has 0 N–H and O–H groups in total. The lowest BCUT2D eigenvalue weighted by Crippen LogP contribution is -2.46. The molecule has 0 radical (unpaired) electrons. The van der Waals surface area contributed by atoms with Gasteiger partial charge in [0.1, 0.15) is 5.60 Å². The summed E-state index contributed by atoms with van der Waals surface area (Å²) in [5, 5.41) is 0. The number of ether oxygens (including phenoxy) is 1. The van der Waals surface area contributed by atoms with E-state index in [0.717, 1.165) is 25.7 Å². The van der Waals surface area contributed by atoms with Crippen molar-refractivity contribution >= 4 is 6.09 Å². The van der Waals surface area contributed by atoms with Crippen molar-refractivity contribution in [3.8, 4) is 0 Å². The zero-order chi connectivity index (χ0) is 11.9. The smallest absolute Gasteiger partial charge is 0.410 e. The van der Waals surface area contributed by atoms with Gasteiger partial charge in [-0.3, -0.25) is 0 Å². The second-order valence-corrected chi connectivity index (χ2v) is 5.93. The first-order valence-corrected chi connectivity index (χ1v) is 6.05. The number of amides is 1. The largest absolute Gasteiger partial charge is 0.444 e. The van der Waals surface area contributed by atoms with Crippen LogP contribution in [0.25, 0.3) is 0 Å². The molecule has 2 heterocycles. The lowest BCUT2D eigenvalue weighted by molar-refractivity contribution is 0.0115. The molecule has 1 amide bonds. The highest BCUT2D eigenvalue weighted by Gasteiger charge is 2.42. The Kier molecular flexibility index (Phi) is 2.72. The van der Waals surface area contributed by atoms with E-state index in [1.54, 1.807) is 0 Å². The van der Waals surface area contributed by atoms with Gasteiger partial charge in [-0.15, -0.1) is 0 Å². The van der Waals surface area contributed by atoms with Crippen LogP contribution in [0.4, 0.5) is 4.79 Å². The summed E-state index contributed by atoms with van der Waals surface area (Å²) >= 11 is 0. The van der Waals surface area contributed by atoms with Gasteiger partial charge in [0, 0.05) is 12.1 Å². The quantitative estimate of drug-likeness (QED) is 0.590. The lowest BCUT2D eigenvalue weighted by Gasteiger charge is -2.36. The number of rotatable bonds is 0. The molecule has 2 fully saturated rings. The van der Waals surface area contributed by atoms with Gasteiger partial charge in [-0.2, -0.15) is 0 Å². The molecule has 0 spiro atoms. The van der Waals surface area contributed by atoms with Crippen LogP contribution < -0.4 is 0 Å². The SMILES string of the molecule is C=C1C[C@H]2CC[C@H](C1)N2C(=O)OC(C)(C)C. The Morgan fingerprint density at radius 2 is 1.81 bits per heavy atom. The number of nitrogens with zero attached hydrogens (tertiary/aromatic N) is 1. The molecule has 2 rings (SSSR count). The van der Waals surface area contributed by atoms with E-state index in [-0.39, 0.29) is 6.09 Å². The highest BCUT2D eigenvalue weighted by atomic mass is 16.6. The third-order valence-corrected chi connectivity index (χ3v) is 3.27. The van der Waals surface area contributed by atoms with Crippen molar-refractivity contribution in [3.63, 3.8) is 0 Å². The summed E-state index contributed by atoms with van der Waals surface area (Å²) in [5.74, 6) is 0. The fourth-order valence-electron chi connectivity index (χ4n) is 2.72. The second kappa shape index (κ2) is 3.79. The molecule has 16 heavy (non-hydrogen) atoms. The van der Waals surface area contributed by atoms with Gasteiger partial charge in [-0.1, -0.05) is 12.2 Å². The fraction of sp³-hybridized carbons (Fsp3) is 0.769. The van der Waals surface area contributed by atoms with Gasteiger partial charge >= 0.3 is 6.09 Å². The van der Waals surface area contributed by atoms with Crippen LogP contribution in [-0.2, 0) is 4.74 Å². The zero-order valence-electron chi connectivity index (χ0n) is 10.5. The van der Waals surface area contributed by atoms with Gasteiger partial charge in [-0.25, -0.2) is 4.79 Å². The maximum atomic E-state index is 12.1. The van der Waals surface area contributed by atoms with E-state index in [0.29, 0.717) is 12.1 Å². The van der Waals surface area contributed by atoms with E-state index in [2.05, 4.69) is 6.58 Å². The molecule has 0 aromatic rings. The molecule has 3 nitrogen and oxygen atoms in total. The van der Waals surface area contributed by atoms with Gasteiger partial charge in [0.25, 0.3) is 0 Å². The zero-order valence-corrected chi connectivity index (χ0v) is 10.5. The Hall–Kier alpha value is -0.990. The van der Waals surface area contributed by atoms with E-state index in [1.165, 1.54) is 5.57 Å². The summed E-state index contributed by atoms with van der Waals surface area (Å²) < 4.78 is 5.45. The molecule has 0 aromatic carbocycles. The van der Waals surface area contributed by atoms with E-state index in [4.69, 9.17) is 4.74 Å². The molecular formula is C13H21NO2. The molecular weight excluding hydrogens is 202 g/mol. The minimum atomic E-state index is -0.398. The number of piperidine rings is 1. The average molecular weight is 223 g/mol.